The largest absolute Gasteiger partial charge is 0.369 e. The summed E-state index contributed by atoms with van der Waals surface area (Å²) in [4.78, 5) is 27.5. The molecule has 0 bridgehead atoms. The van der Waals surface area contributed by atoms with E-state index < -0.39 is 0 Å². The summed E-state index contributed by atoms with van der Waals surface area (Å²) in [6.07, 6.45) is -0.0275. The Morgan fingerprint density at radius 3 is 2.88 bits per heavy atom. The van der Waals surface area contributed by atoms with Crippen LogP contribution in [0.2, 0.25) is 4.34 Å². The van der Waals surface area contributed by atoms with Crippen molar-refractivity contribution in [1.29, 1.82) is 0 Å². The van der Waals surface area contributed by atoms with Gasteiger partial charge in [0, 0.05) is 16.8 Å². The van der Waals surface area contributed by atoms with Gasteiger partial charge in [0.15, 0.2) is 0 Å². The number of fused-ring (bicyclic) bond motifs is 1. The monoisotopic (exact) mass is 389 g/mol. The van der Waals surface area contributed by atoms with Crippen molar-refractivity contribution in [2.75, 3.05) is 19.7 Å². The number of nitrogens with zero attached hydrogens (tertiary/aromatic N) is 2. The zero-order chi connectivity index (χ0) is 18.1. The van der Waals surface area contributed by atoms with Crippen molar-refractivity contribution in [3.63, 3.8) is 0 Å². The lowest BCUT2D eigenvalue weighted by Crippen LogP contribution is -2.43. The van der Waals surface area contributed by atoms with Gasteiger partial charge in [-0.1, -0.05) is 29.8 Å². The van der Waals surface area contributed by atoms with Crippen molar-refractivity contribution in [3.8, 4) is 0 Å². The molecular weight excluding hydrogens is 374 g/mol. The minimum absolute atomic E-state index is 0.0364. The van der Waals surface area contributed by atoms with Crippen LogP contribution in [0.25, 0.3) is 10.8 Å². The predicted molar refractivity (Wildman–Crippen MR) is 101 cm³/mol. The Hall–Kier alpha value is -2.22. The Morgan fingerprint density at radius 2 is 2.12 bits per heavy atom. The minimum atomic E-state index is -0.252. The molecule has 1 N–H and O–H groups in total. The van der Waals surface area contributed by atoms with Gasteiger partial charge < -0.3 is 9.64 Å². The number of morpholine rings is 1. The lowest BCUT2D eigenvalue weighted by Gasteiger charge is -2.32. The number of ether oxygens (including phenoxy) is 1. The van der Waals surface area contributed by atoms with E-state index >= 15 is 0 Å². The lowest BCUT2D eigenvalue weighted by molar-refractivity contribution is -0.138. The summed E-state index contributed by atoms with van der Waals surface area (Å²) in [5.74, 6) is -0.0364. The maximum Gasteiger partial charge on any atom is 0.272 e. The molecule has 1 amide bonds. The number of hydrogen-bond donors (Lipinski definition) is 1. The zero-order valence-electron chi connectivity index (χ0n) is 13.8. The molecule has 1 fully saturated rings. The highest BCUT2D eigenvalue weighted by Gasteiger charge is 2.27. The van der Waals surface area contributed by atoms with E-state index in [1.54, 1.807) is 17.0 Å². The molecule has 3 heterocycles. The van der Waals surface area contributed by atoms with Crippen molar-refractivity contribution in [1.82, 2.24) is 15.1 Å². The second-order valence-corrected chi connectivity index (χ2v) is 7.81. The number of thiophene rings is 1. The van der Waals surface area contributed by atoms with Crippen LogP contribution in [0, 0.1) is 0 Å². The van der Waals surface area contributed by atoms with Gasteiger partial charge in [0.1, 0.15) is 6.10 Å². The van der Waals surface area contributed by atoms with Gasteiger partial charge in [-0.15, -0.1) is 11.3 Å². The SMILES string of the molecule is O=C(Cc1n[nH]c(=O)c2ccccc12)N1CCOC(c2ccc(Cl)s2)C1. The quantitative estimate of drug-likeness (QED) is 0.747. The van der Waals surface area contributed by atoms with Crippen molar-refractivity contribution >= 4 is 39.6 Å². The molecule has 1 saturated heterocycles. The highest BCUT2D eigenvalue weighted by Crippen LogP contribution is 2.31. The van der Waals surface area contributed by atoms with E-state index in [0.29, 0.717) is 40.5 Å². The molecular formula is C18H16ClN3O3S. The lowest BCUT2D eigenvalue weighted by atomic mass is 10.1. The number of hydrogen-bond acceptors (Lipinski definition) is 5. The first kappa shape index (κ1) is 17.2. The minimum Gasteiger partial charge on any atom is -0.369 e. The van der Waals surface area contributed by atoms with Gasteiger partial charge in [-0.3, -0.25) is 9.59 Å². The number of rotatable bonds is 3. The molecule has 1 atom stereocenters. The summed E-state index contributed by atoms with van der Waals surface area (Å²) < 4.78 is 6.49. The summed E-state index contributed by atoms with van der Waals surface area (Å²) in [6.45, 7) is 1.50. The van der Waals surface area contributed by atoms with Gasteiger partial charge in [0.2, 0.25) is 5.91 Å². The first-order valence-electron chi connectivity index (χ1n) is 8.23. The Balaban J connectivity index is 1.53. The van der Waals surface area contributed by atoms with Crippen LogP contribution >= 0.6 is 22.9 Å². The third-order valence-electron chi connectivity index (χ3n) is 4.42. The number of amides is 1. The summed E-state index contributed by atoms with van der Waals surface area (Å²) >= 11 is 7.47. The topological polar surface area (TPSA) is 75.3 Å². The van der Waals surface area contributed by atoms with Gasteiger partial charge in [-0.05, 0) is 18.2 Å². The van der Waals surface area contributed by atoms with E-state index in [1.165, 1.54) is 11.3 Å². The van der Waals surface area contributed by atoms with E-state index in [1.807, 2.05) is 24.3 Å². The first-order valence-corrected chi connectivity index (χ1v) is 9.42. The number of benzene rings is 1. The number of aromatic nitrogens is 2. The van der Waals surface area contributed by atoms with E-state index in [0.717, 1.165) is 4.88 Å². The molecule has 0 saturated carbocycles. The second-order valence-electron chi connectivity index (χ2n) is 6.06. The number of H-pyrrole nitrogens is 1. The van der Waals surface area contributed by atoms with Crippen LogP contribution in [0.5, 0.6) is 0 Å². The molecule has 6 nitrogen and oxygen atoms in total. The number of aromatic amines is 1. The van der Waals surface area contributed by atoms with Crippen LogP contribution in [0.3, 0.4) is 0 Å². The maximum atomic E-state index is 12.8. The molecule has 1 aliphatic heterocycles. The van der Waals surface area contributed by atoms with E-state index in [9.17, 15) is 9.59 Å². The normalized spacial score (nSPS) is 17.6. The van der Waals surface area contributed by atoms with E-state index in [4.69, 9.17) is 16.3 Å². The zero-order valence-corrected chi connectivity index (χ0v) is 15.3. The molecule has 1 aliphatic rings. The standard InChI is InChI=1S/C18H16ClN3O3S/c19-16-6-5-15(26-16)14-10-22(7-8-25-14)17(23)9-13-11-3-1-2-4-12(11)18(24)21-20-13/h1-6,14H,7-10H2,(H,21,24). The van der Waals surface area contributed by atoms with Crippen molar-refractivity contribution in [2.45, 2.75) is 12.5 Å². The fourth-order valence-electron chi connectivity index (χ4n) is 3.11. The molecule has 8 heteroatoms. The highest BCUT2D eigenvalue weighted by molar-refractivity contribution is 7.16. The third kappa shape index (κ3) is 3.38. The molecule has 0 spiro atoms. The average molecular weight is 390 g/mol. The molecule has 4 rings (SSSR count). The summed E-state index contributed by atoms with van der Waals surface area (Å²) in [7, 11) is 0. The molecule has 134 valence electrons. The first-order chi connectivity index (χ1) is 12.6. The van der Waals surface area contributed by atoms with Gasteiger partial charge >= 0.3 is 0 Å². The smallest absolute Gasteiger partial charge is 0.272 e. The van der Waals surface area contributed by atoms with Crippen LogP contribution < -0.4 is 5.56 Å². The predicted octanol–water partition coefficient (Wildman–Crippen LogP) is 2.78. The van der Waals surface area contributed by atoms with Crippen LogP contribution in [-0.2, 0) is 16.0 Å². The van der Waals surface area contributed by atoms with Gasteiger partial charge in [0.25, 0.3) is 5.56 Å². The summed E-state index contributed by atoms with van der Waals surface area (Å²) in [5, 5.41) is 7.81. The van der Waals surface area contributed by atoms with Crippen molar-refractivity contribution in [3.05, 3.63) is 61.7 Å². The van der Waals surface area contributed by atoms with Gasteiger partial charge in [-0.25, -0.2) is 5.10 Å². The Labute approximate surface area is 158 Å². The third-order valence-corrected chi connectivity index (χ3v) is 5.75. The summed E-state index contributed by atoms with van der Waals surface area (Å²) in [6, 6.07) is 10.9. The molecule has 0 radical (unpaired) electrons. The van der Waals surface area contributed by atoms with Gasteiger partial charge in [-0.2, -0.15) is 5.10 Å². The highest BCUT2D eigenvalue weighted by atomic mass is 35.5. The maximum absolute atomic E-state index is 12.8. The number of nitrogens with one attached hydrogen (secondary N) is 1. The number of carbonyl (C=O) groups excluding carboxylic acids is 1. The molecule has 3 aromatic rings. The molecule has 1 unspecified atom stereocenters. The summed E-state index contributed by atoms with van der Waals surface area (Å²) in [5.41, 5.74) is 0.324. The molecule has 26 heavy (non-hydrogen) atoms. The van der Waals surface area contributed by atoms with Crippen molar-refractivity contribution in [2.24, 2.45) is 0 Å². The van der Waals surface area contributed by atoms with E-state index in [-0.39, 0.29) is 24.0 Å². The molecule has 2 aromatic heterocycles. The van der Waals surface area contributed by atoms with Crippen LogP contribution in [-0.4, -0.2) is 40.7 Å². The van der Waals surface area contributed by atoms with Crippen LogP contribution in [0.15, 0.2) is 41.2 Å². The molecule has 1 aromatic carbocycles. The van der Waals surface area contributed by atoms with Crippen LogP contribution in [0.4, 0.5) is 0 Å². The Morgan fingerprint density at radius 1 is 1.31 bits per heavy atom. The van der Waals surface area contributed by atoms with Crippen molar-refractivity contribution < 1.29 is 9.53 Å². The number of carbonyl (C=O) groups is 1. The van der Waals surface area contributed by atoms with E-state index in [2.05, 4.69) is 10.2 Å². The van der Waals surface area contributed by atoms with Crippen LogP contribution in [0.1, 0.15) is 16.7 Å². The Kier molecular flexibility index (Phi) is 4.76. The number of halogens is 1. The Bertz CT molecular complexity index is 1020. The average Bonchev–Trinajstić information content (AvgIpc) is 3.11. The second kappa shape index (κ2) is 7.19. The fourth-order valence-corrected chi connectivity index (χ4v) is 4.21. The fraction of sp³-hybridized carbons (Fsp3) is 0.278. The van der Waals surface area contributed by atoms with Gasteiger partial charge in [0.05, 0.1) is 35.0 Å². The molecule has 0 aliphatic carbocycles.